The fourth-order valence-corrected chi connectivity index (χ4v) is 2.81. The lowest BCUT2D eigenvalue weighted by atomic mass is 9.95. The van der Waals surface area contributed by atoms with E-state index in [4.69, 9.17) is 17.0 Å². The van der Waals surface area contributed by atoms with Gasteiger partial charge in [0, 0.05) is 10.2 Å². The Kier molecular flexibility index (Phi) is 4.29. The molecule has 0 amide bonds. The van der Waals surface area contributed by atoms with Crippen molar-refractivity contribution in [1.82, 2.24) is 10.6 Å². The van der Waals surface area contributed by atoms with Crippen LogP contribution >= 0.6 is 28.1 Å². The van der Waals surface area contributed by atoms with E-state index >= 15 is 0 Å². The number of hydrogen-bond donors (Lipinski definition) is 3. The number of esters is 1. The molecule has 0 fully saturated rings. The Balaban J connectivity index is 2.56. The van der Waals surface area contributed by atoms with Gasteiger partial charge in [0.1, 0.15) is 5.75 Å². The Bertz CT molecular complexity index is 616. The lowest BCUT2D eigenvalue weighted by Crippen LogP contribution is -2.45. The highest BCUT2D eigenvalue weighted by atomic mass is 79.9. The molecule has 1 atom stereocenters. The highest BCUT2D eigenvalue weighted by molar-refractivity contribution is 9.10. The molecule has 0 bridgehead atoms. The summed E-state index contributed by atoms with van der Waals surface area (Å²) < 4.78 is 5.58. The molecule has 0 saturated carbocycles. The predicted octanol–water partition coefficient (Wildman–Crippen LogP) is 2.12. The first-order valence-corrected chi connectivity index (χ1v) is 6.99. The number of benzene rings is 1. The number of phenols is 1. The van der Waals surface area contributed by atoms with Crippen LogP contribution < -0.4 is 10.6 Å². The van der Waals surface area contributed by atoms with Crippen molar-refractivity contribution in [3.05, 3.63) is 39.5 Å². The molecule has 20 heavy (non-hydrogen) atoms. The highest BCUT2D eigenvalue weighted by Gasteiger charge is 2.31. The molecule has 1 aliphatic heterocycles. The molecule has 0 spiro atoms. The third-order valence-corrected chi connectivity index (χ3v) is 3.91. The van der Waals surface area contributed by atoms with Crippen LogP contribution in [0.1, 0.15) is 18.5 Å². The van der Waals surface area contributed by atoms with Crippen molar-refractivity contribution >= 4 is 39.2 Å². The number of aromatic hydroxyl groups is 1. The van der Waals surface area contributed by atoms with E-state index in [1.54, 1.807) is 25.1 Å². The van der Waals surface area contributed by atoms with Gasteiger partial charge in [0.2, 0.25) is 0 Å². The Hall–Kier alpha value is -1.60. The maximum atomic E-state index is 12.0. The van der Waals surface area contributed by atoms with Gasteiger partial charge < -0.3 is 20.5 Å². The van der Waals surface area contributed by atoms with Gasteiger partial charge in [-0.05, 0) is 42.9 Å². The second-order valence-corrected chi connectivity index (χ2v) is 5.53. The molecule has 5 nitrogen and oxygen atoms in total. The van der Waals surface area contributed by atoms with Crippen LogP contribution in [0.2, 0.25) is 0 Å². The number of nitrogens with one attached hydrogen (secondary N) is 2. The van der Waals surface area contributed by atoms with Gasteiger partial charge in [-0.1, -0.05) is 15.9 Å². The van der Waals surface area contributed by atoms with Crippen LogP contribution in [0.15, 0.2) is 33.9 Å². The summed E-state index contributed by atoms with van der Waals surface area (Å²) in [5.74, 6) is -0.346. The van der Waals surface area contributed by atoms with Gasteiger partial charge >= 0.3 is 5.97 Å². The van der Waals surface area contributed by atoms with Crippen LogP contribution in [-0.2, 0) is 9.53 Å². The van der Waals surface area contributed by atoms with Crippen LogP contribution in [0.5, 0.6) is 5.75 Å². The number of ether oxygens (including phenoxy) is 1. The van der Waals surface area contributed by atoms with Crippen molar-refractivity contribution in [2.24, 2.45) is 0 Å². The van der Waals surface area contributed by atoms with Crippen LogP contribution in [0.3, 0.4) is 0 Å². The van der Waals surface area contributed by atoms with E-state index in [0.29, 0.717) is 21.9 Å². The van der Waals surface area contributed by atoms with E-state index in [-0.39, 0.29) is 5.75 Å². The molecular formula is C13H13BrN2O3S. The van der Waals surface area contributed by atoms with Crippen molar-refractivity contribution in [3.8, 4) is 5.75 Å². The largest absolute Gasteiger partial charge is 0.508 e. The van der Waals surface area contributed by atoms with Crippen molar-refractivity contribution < 1.29 is 14.6 Å². The number of rotatable bonds is 2. The molecule has 1 aliphatic rings. The van der Waals surface area contributed by atoms with Gasteiger partial charge in [0.15, 0.2) is 5.11 Å². The Labute approximate surface area is 130 Å². The molecular weight excluding hydrogens is 344 g/mol. The lowest BCUT2D eigenvalue weighted by Gasteiger charge is -2.30. The monoisotopic (exact) mass is 356 g/mol. The zero-order valence-corrected chi connectivity index (χ0v) is 13.3. The van der Waals surface area contributed by atoms with Crippen molar-refractivity contribution in [2.75, 3.05) is 7.11 Å². The Morgan fingerprint density at radius 3 is 2.85 bits per heavy atom. The van der Waals surface area contributed by atoms with E-state index in [9.17, 15) is 9.90 Å². The quantitative estimate of drug-likeness (QED) is 0.557. The lowest BCUT2D eigenvalue weighted by molar-refractivity contribution is -0.136. The number of hydrogen-bond acceptors (Lipinski definition) is 4. The fraction of sp³-hybridized carbons (Fsp3) is 0.231. The summed E-state index contributed by atoms with van der Waals surface area (Å²) in [6, 6.07) is 4.35. The summed E-state index contributed by atoms with van der Waals surface area (Å²) in [4.78, 5) is 12.0. The first-order chi connectivity index (χ1) is 9.43. The minimum atomic E-state index is -0.488. The zero-order valence-electron chi connectivity index (χ0n) is 10.9. The summed E-state index contributed by atoms with van der Waals surface area (Å²) in [7, 11) is 1.32. The number of carbonyl (C=O) groups excluding carboxylic acids is 1. The highest BCUT2D eigenvalue weighted by Crippen LogP contribution is 2.34. The number of phenolic OH excluding ortho intramolecular Hbond substituents is 1. The standard InChI is InChI=1S/C13H13BrN2O3S/c1-6-10(12(18)19-2)11(16-13(20)15-6)8-5-7(17)3-4-9(8)14/h3-5,11,17H,1-2H3,(H2,15,16,20). The number of allylic oxidation sites excluding steroid dienone is 1. The van der Waals surface area contributed by atoms with E-state index in [0.717, 1.165) is 4.47 Å². The van der Waals surface area contributed by atoms with E-state index in [1.165, 1.54) is 7.11 Å². The second-order valence-electron chi connectivity index (χ2n) is 4.27. The van der Waals surface area contributed by atoms with E-state index < -0.39 is 12.0 Å². The average molecular weight is 357 g/mol. The summed E-state index contributed by atoms with van der Waals surface area (Å²) in [6.45, 7) is 1.75. The van der Waals surface area contributed by atoms with Crippen molar-refractivity contribution in [2.45, 2.75) is 13.0 Å². The zero-order chi connectivity index (χ0) is 14.9. The molecule has 106 valence electrons. The summed E-state index contributed by atoms with van der Waals surface area (Å²) in [6.07, 6.45) is 0. The first-order valence-electron chi connectivity index (χ1n) is 5.79. The first kappa shape index (κ1) is 14.8. The third-order valence-electron chi connectivity index (χ3n) is 2.97. The summed E-state index contributed by atoms with van der Waals surface area (Å²) >= 11 is 8.54. The predicted molar refractivity (Wildman–Crippen MR) is 82.1 cm³/mol. The smallest absolute Gasteiger partial charge is 0.337 e. The van der Waals surface area contributed by atoms with Crippen molar-refractivity contribution in [3.63, 3.8) is 0 Å². The van der Waals surface area contributed by atoms with Gasteiger partial charge in [-0.3, -0.25) is 0 Å². The van der Waals surface area contributed by atoms with Gasteiger partial charge in [0.25, 0.3) is 0 Å². The molecule has 2 rings (SSSR count). The van der Waals surface area contributed by atoms with Gasteiger partial charge in [-0.2, -0.15) is 0 Å². The molecule has 0 saturated heterocycles. The average Bonchev–Trinajstić information content (AvgIpc) is 2.40. The minimum Gasteiger partial charge on any atom is -0.508 e. The van der Waals surface area contributed by atoms with E-state index in [2.05, 4.69) is 26.6 Å². The van der Waals surface area contributed by atoms with Crippen LogP contribution in [-0.4, -0.2) is 23.3 Å². The SMILES string of the molecule is COC(=O)C1=C(C)NC(=S)NC1c1cc(O)ccc1Br. The topological polar surface area (TPSA) is 70.6 Å². The number of methoxy groups -OCH3 is 1. The summed E-state index contributed by atoms with van der Waals surface area (Å²) in [5.41, 5.74) is 1.75. The summed E-state index contributed by atoms with van der Waals surface area (Å²) in [5, 5.41) is 16.0. The molecule has 0 radical (unpaired) electrons. The van der Waals surface area contributed by atoms with E-state index in [1.807, 2.05) is 0 Å². The molecule has 1 aromatic rings. The third kappa shape index (κ3) is 2.78. The van der Waals surface area contributed by atoms with Crippen LogP contribution in [0, 0.1) is 0 Å². The number of carbonyl (C=O) groups is 1. The molecule has 3 N–H and O–H groups in total. The Morgan fingerprint density at radius 2 is 2.20 bits per heavy atom. The Morgan fingerprint density at radius 1 is 1.50 bits per heavy atom. The second kappa shape index (κ2) is 5.80. The maximum Gasteiger partial charge on any atom is 0.337 e. The van der Waals surface area contributed by atoms with Crippen LogP contribution in [0.25, 0.3) is 0 Å². The van der Waals surface area contributed by atoms with Gasteiger partial charge in [-0.15, -0.1) is 0 Å². The molecule has 1 heterocycles. The molecule has 7 heteroatoms. The van der Waals surface area contributed by atoms with Gasteiger partial charge in [-0.25, -0.2) is 4.79 Å². The minimum absolute atomic E-state index is 0.108. The molecule has 0 aromatic heterocycles. The molecule has 1 unspecified atom stereocenters. The van der Waals surface area contributed by atoms with Gasteiger partial charge in [0.05, 0.1) is 18.7 Å². The number of thiocarbonyl (C=S) groups is 1. The fourth-order valence-electron chi connectivity index (χ4n) is 2.06. The molecule has 1 aromatic carbocycles. The number of halogens is 1. The normalized spacial score (nSPS) is 18.4. The van der Waals surface area contributed by atoms with Crippen molar-refractivity contribution in [1.29, 1.82) is 0 Å². The van der Waals surface area contributed by atoms with Crippen LogP contribution in [0.4, 0.5) is 0 Å². The molecule has 0 aliphatic carbocycles. The maximum absolute atomic E-state index is 12.0.